The van der Waals surface area contributed by atoms with Crippen molar-refractivity contribution in [2.75, 3.05) is 12.0 Å². The average molecular weight is 130 g/mol. The molecule has 0 aromatic heterocycles. The van der Waals surface area contributed by atoms with Crippen LogP contribution in [0.4, 0.5) is 0 Å². The molecule has 0 rings (SSSR count). The summed E-state index contributed by atoms with van der Waals surface area (Å²) in [4.78, 5) is 0. The molecule has 0 aromatic carbocycles. The summed E-state index contributed by atoms with van der Waals surface area (Å²) in [7, 11) is 0. The van der Waals surface area contributed by atoms with Crippen molar-refractivity contribution in [1.82, 2.24) is 0 Å². The highest BCUT2D eigenvalue weighted by molar-refractivity contribution is 7.98. The van der Waals surface area contributed by atoms with Gasteiger partial charge < -0.3 is 0 Å². The number of thioether (sulfide) groups is 1. The van der Waals surface area contributed by atoms with Crippen molar-refractivity contribution in [2.24, 2.45) is 5.92 Å². The monoisotopic (exact) mass is 130 g/mol. The molecule has 0 fully saturated rings. The number of allylic oxidation sites excluding steroid dienone is 1. The maximum atomic E-state index is 2.23. The lowest BCUT2D eigenvalue weighted by Gasteiger charge is -1.90. The molecule has 48 valence electrons. The lowest BCUT2D eigenvalue weighted by atomic mass is 10.2. The molecule has 0 bridgehead atoms. The van der Waals surface area contributed by atoms with E-state index >= 15 is 0 Å². The van der Waals surface area contributed by atoms with Gasteiger partial charge in [0.2, 0.25) is 0 Å². The van der Waals surface area contributed by atoms with Crippen LogP contribution in [-0.2, 0) is 0 Å². The molecule has 0 unspecified atom stereocenters. The summed E-state index contributed by atoms with van der Waals surface area (Å²) >= 11 is 1.86. The molecule has 0 heterocycles. The third kappa shape index (κ3) is 6.09. The van der Waals surface area contributed by atoms with Crippen molar-refractivity contribution in [3.8, 4) is 0 Å². The van der Waals surface area contributed by atoms with E-state index in [-0.39, 0.29) is 0 Å². The van der Waals surface area contributed by atoms with Gasteiger partial charge in [0.15, 0.2) is 0 Å². The molecule has 8 heavy (non-hydrogen) atoms. The van der Waals surface area contributed by atoms with Crippen LogP contribution in [0.3, 0.4) is 0 Å². The van der Waals surface area contributed by atoms with E-state index in [9.17, 15) is 0 Å². The van der Waals surface area contributed by atoms with Gasteiger partial charge in [-0.1, -0.05) is 26.0 Å². The Balaban J connectivity index is 3.07. The molecule has 0 spiro atoms. The molecular formula is C7H14S. The Hall–Kier alpha value is 0.0900. The first-order valence-electron chi connectivity index (χ1n) is 2.93. The smallest absolute Gasteiger partial charge is 0.0110 e. The third-order valence-electron chi connectivity index (χ3n) is 0.784. The molecule has 0 N–H and O–H groups in total. The largest absolute Gasteiger partial charge is 0.161 e. The van der Waals surface area contributed by atoms with E-state index in [1.54, 1.807) is 0 Å². The minimum atomic E-state index is 0.710. The van der Waals surface area contributed by atoms with Gasteiger partial charge in [0.25, 0.3) is 0 Å². The number of hydrogen-bond donors (Lipinski definition) is 0. The maximum absolute atomic E-state index is 2.23. The van der Waals surface area contributed by atoms with Gasteiger partial charge in [0.1, 0.15) is 0 Å². The minimum absolute atomic E-state index is 0.710. The minimum Gasteiger partial charge on any atom is -0.161 e. The predicted molar refractivity (Wildman–Crippen MR) is 42.4 cm³/mol. The number of rotatable bonds is 3. The quantitative estimate of drug-likeness (QED) is 0.529. The van der Waals surface area contributed by atoms with Gasteiger partial charge in [0.05, 0.1) is 0 Å². The van der Waals surface area contributed by atoms with Crippen molar-refractivity contribution < 1.29 is 0 Å². The molecule has 0 saturated heterocycles. The van der Waals surface area contributed by atoms with Gasteiger partial charge in [-0.15, -0.1) is 0 Å². The third-order valence-corrected chi connectivity index (χ3v) is 1.31. The summed E-state index contributed by atoms with van der Waals surface area (Å²) in [5.41, 5.74) is 0. The summed E-state index contributed by atoms with van der Waals surface area (Å²) in [6, 6.07) is 0. The molecule has 0 atom stereocenters. The van der Waals surface area contributed by atoms with Gasteiger partial charge in [-0.25, -0.2) is 0 Å². The van der Waals surface area contributed by atoms with E-state index in [1.165, 1.54) is 0 Å². The second-order valence-corrected chi connectivity index (χ2v) is 3.04. The number of hydrogen-bond acceptors (Lipinski definition) is 1. The Bertz CT molecular complexity index is 64.8. The molecular weight excluding hydrogens is 116 g/mol. The van der Waals surface area contributed by atoms with E-state index in [2.05, 4.69) is 32.3 Å². The van der Waals surface area contributed by atoms with E-state index in [0.29, 0.717) is 5.92 Å². The first-order chi connectivity index (χ1) is 3.77. The summed E-state index contributed by atoms with van der Waals surface area (Å²) in [6.45, 7) is 4.38. The molecule has 0 amide bonds. The summed E-state index contributed by atoms with van der Waals surface area (Å²) in [6.07, 6.45) is 6.57. The van der Waals surface area contributed by atoms with Crippen LogP contribution in [0.2, 0.25) is 0 Å². The standard InChI is InChI=1S/C7H14S/c1-7(2)5-4-6-8-3/h4-5,7H,6H2,1-3H3. The zero-order valence-corrected chi connectivity index (χ0v) is 6.66. The molecule has 0 radical (unpaired) electrons. The highest BCUT2D eigenvalue weighted by Gasteiger charge is 1.80. The van der Waals surface area contributed by atoms with Crippen LogP contribution in [0.5, 0.6) is 0 Å². The van der Waals surface area contributed by atoms with Crippen LogP contribution >= 0.6 is 11.8 Å². The second-order valence-electron chi connectivity index (χ2n) is 2.13. The maximum Gasteiger partial charge on any atom is 0.0110 e. The van der Waals surface area contributed by atoms with E-state index < -0.39 is 0 Å². The highest BCUT2D eigenvalue weighted by Crippen LogP contribution is 1.96. The van der Waals surface area contributed by atoms with Crippen LogP contribution in [-0.4, -0.2) is 12.0 Å². The van der Waals surface area contributed by atoms with Crippen molar-refractivity contribution in [2.45, 2.75) is 13.8 Å². The van der Waals surface area contributed by atoms with Crippen molar-refractivity contribution >= 4 is 11.8 Å². The zero-order valence-electron chi connectivity index (χ0n) is 5.85. The van der Waals surface area contributed by atoms with Crippen LogP contribution in [0, 0.1) is 5.92 Å². The fraction of sp³-hybridized carbons (Fsp3) is 0.714. The van der Waals surface area contributed by atoms with Crippen molar-refractivity contribution in [3.05, 3.63) is 12.2 Å². The molecule has 0 aliphatic carbocycles. The van der Waals surface area contributed by atoms with Gasteiger partial charge in [-0.2, -0.15) is 11.8 Å². The molecule has 0 aliphatic heterocycles. The molecule has 0 nitrogen and oxygen atoms in total. The lowest BCUT2D eigenvalue weighted by molar-refractivity contribution is 0.830. The fourth-order valence-corrected chi connectivity index (χ4v) is 0.728. The Kier molecular flexibility index (Phi) is 5.29. The Labute approximate surface area is 56.4 Å². The first-order valence-corrected chi connectivity index (χ1v) is 4.32. The molecule has 1 heteroatoms. The van der Waals surface area contributed by atoms with Crippen LogP contribution in [0.1, 0.15) is 13.8 Å². The van der Waals surface area contributed by atoms with Gasteiger partial charge >= 0.3 is 0 Å². The van der Waals surface area contributed by atoms with E-state index in [1.807, 2.05) is 11.8 Å². The lowest BCUT2D eigenvalue weighted by Crippen LogP contribution is -1.77. The van der Waals surface area contributed by atoms with E-state index in [0.717, 1.165) is 5.75 Å². The predicted octanol–water partition coefficient (Wildman–Crippen LogP) is 2.56. The molecule has 0 saturated carbocycles. The summed E-state index contributed by atoms with van der Waals surface area (Å²) in [5, 5.41) is 0. The van der Waals surface area contributed by atoms with Crippen LogP contribution in [0.15, 0.2) is 12.2 Å². The Morgan fingerprint density at radius 1 is 1.50 bits per heavy atom. The average Bonchev–Trinajstić information content (AvgIpc) is 1.66. The molecule has 0 aromatic rings. The normalized spacial score (nSPS) is 11.5. The zero-order chi connectivity index (χ0) is 6.41. The van der Waals surface area contributed by atoms with Crippen LogP contribution < -0.4 is 0 Å². The SMILES string of the molecule is CSCC=CC(C)C. The second kappa shape index (κ2) is 5.23. The van der Waals surface area contributed by atoms with Crippen molar-refractivity contribution in [3.63, 3.8) is 0 Å². The van der Waals surface area contributed by atoms with Gasteiger partial charge in [-0.05, 0) is 12.2 Å². The van der Waals surface area contributed by atoms with Gasteiger partial charge in [0, 0.05) is 5.75 Å². The van der Waals surface area contributed by atoms with Crippen molar-refractivity contribution in [1.29, 1.82) is 0 Å². The molecule has 0 aliphatic rings. The topological polar surface area (TPSA) is 0 Å². The first kappa shape index (κ1) is 8.09. The van der Waals surface area contributed by atoms with Gasteiger partial charge in [-0.3, -0.25) is 0 Å². The summed E-state index contributed by atoms with van der Waals surface area (Å²) < 4.78 is 0. The van der Waals surface area contributed by atoms with E-state index in [4.69, 9.17) is 0 Å². The summed E-state index contributed by atoms with van der Waals surface area (Å²) in [5.74, 6) is 1.86. The Morgan fingerprint density at radius 3 is 2.50 bits per heavy atom. The Morgan fingerprint density at radius 2 is 2.12 bits per heavy atom. The highest BCUT2D eigenvalue weighted by atomic mass is 32.2. The van der Waals surface area contributed by atoms with Crippen LogP contribution in [0.25, 0.3) is 0 Å². The fourth-order valence-electron chi connectivity index (χ4n) is 0.424.